The zero-order valence-corrected chi connectivity index (χ0v) is 18.5. The number of aryl methyl sites for hydroxylation is 2. The number of phenols is 1. The predicted molar refractivity (Wildman–Crippen MR) is 124 cm³/mol. The molecule has 0 fully saturated rings. The van der Waals surface area contributed by atoms with E-state index in [1.54, 1.807) is 16.8 Å². The molecule has 5 rings (SSSR count). The van der Waals surface area contributed by atoms with Crippen LogP contribution in [0.2, 0.25) is 0 Å². The molecule has 0 unspecified atom stereocenters. The summed E-state index contributed by atoms with van der Waals surface area (Å²) in [5, 5.41) is 18.0. The molecule has 1 atom stereocenters. The van der Waals surface area contributed by atoms with Crippen LogP contribution < -0.4 is 10.1 Å². The number of hydrogen-bond donors (Lipinski definition) is 2. The third-order valence-corrected chi connectivity index (χ3v) is 5.73. The van der Waals surface area contributed by atoms with E-state index in [4.69, 9.17) is 9.84 Å². The van der Waals surface area contributed by atoms with Gasteiger partial charge in [-0.25, -0.2) is 9.97 Å². The summed E-state index contributed by atoms with van der Waals surface area (Å²) in [5.74, 6) is 0.917. The standard InChI is InChI=1S/C25H23N5O3/c1-14-11-15(2)27-25(26-14)30-24-22(23(29-30)16-7-5-4-6-8-16)18(13-21(32)28-24)17-9-10-19(31)20(12-17)33-3/h4-12,18,31H,13H2,1-3H3,(H,28,32)/t18-/m1/s1. The number of carbonyl (C=O) groups excluding carboxylic acids is 1. The van der Waals surface area contributed by atoms with Crippen molar-refractivity contribution in [2.75, 3.05) is 12.4 Å². The van der Waals surface area contributed by atoms with Gasteiger partial charge >= 0.3 is 0 Å². The fourth-order valence-corrected chi connectivity index (χ4v) is 4.30. The molecule has 2 aromatic heterocycles. The molecule has 0 saturated heterocycles. The van der Waals surface area contributed by atoms with E-state index in [1.807, 2.05) is 56.3 Å². The number of benzene rings is 2. The molecule has 1 aliphatic heterocycles. The molecule has 0 saturated carbocycles. The maximum Gasteiger partial charge on any atom is 0.252 e. The highest BCUT2D eigenvalue weighted by Crippen LogP contribution is 2.45. The fraction of sp³-hybridized carbons (Fsp3) is 0.200. The average Bonchev–Trinajstić information content (AvgIpc) is 3.18. The molecular formula is C25H23N5O3. The first kappa shape index (κ1) is 20.7. The highest BCUT2D eigenvalue weighted by Gasteiger charge is 2.35. The van der Waals surface area contributed by atoms with Crippen molar-refractivity contribution in [1.29, 1.82) is 0 Å². The van der Waals surface area contributed by atoms with Crippen molar-refractivity contribution in [1.82, 2.24) is 19.7 Å². The largest absolute Gasteiger partial charge is 0.504 e. The minimum Gasteiger partial charge on any atom is -0.504 e. The molecule has 4 aromatic rings. The van der Waals surface area contributed by atoms with Gasteiger partial charge in [0.15, 0.2) is 11.5 Å². The fourth-order valence-electron chi connectivity index (χ4n) is 4.30. The second-order valence-corrected chi connectivity index (χ2v) is 8.08. The summed E-state index contributed by atoms with van der Waals surface area (Å²) in [4.78, 5) is 22.0. The normalized spacial score (nSPS) is 15.1. The van der Waals surface area contributed by atoms with Gasteiger partial charge in [-0.2, -0.15) is 9.78 Å². The molecular weight excluding hydrogens is 418 g/mol. The number of aromatic hydroxyl groups is 1. The van der Waals surface area contributed by atoms with Gasteiger partial charge < -0.3 is 15.2 Å². The lowest BCUT2D eigenvalue weighted by Crippen LogP contribution is -2.25. The van der Waals surface area contributed by atoms with Gasteiger partial charge in [0, 0.05) is 34.9 Å². The Balaban J connectivity index is 1.78. The lowest BCUT2D eigenvalue weighted by molar-refractivity contribution is -0.116. The third-order valence-electron chi connectivity index (χ3n) is 5.73. The molecule has 0 bridgehead atoms. The molecule has 8 nitrogen and oxygen atoms in total. The number of anilines is 1. The van der Waals surface area contributed by atoms with Gasteiger partial charge in [-0.1, -0.05) is 36.4 Å². The summed E-state index contributed by atoms with van der Waals surface area (Å²) in [6.07, 6.45) is 0.236. The minimum absolute atomic E-state index is 0.0457. The number of carbonyl (C=O) groups is 1. The second kappa shape index (κ2) is 8.05. The van der Waals surface area contributed by atoms with E-state index in [9.17, 15) is 9.90 Å². The molecule has 8 heteroatoms. The molecule has 1 amide bonds. The predicted octanol–water partition coefficient (Wildman–Crippen LogP) is 4.13. The van der Waals surface area contributed by atoms with E-state index in [0.29, 0.717) is 17.5 Å². The quantitative estimate of drug-likeness (QED) is 0.494. The number of ether oxygens (including phenoxy) is 1. The van der Waals surface area contributed by atoms with Gasteiger partial charge in [-0.3, -0.25) is 4.79 Å². The van der Waals surface area contributed by atoms with Crippen molar-refractivity contribution in [3.63, 3.8) is 0 Å². The molecule has 2 N–H and O–H groups in total. The van der Waals surface area contributed by atoms with Crippen molar-refractivity contribution in [2.45, 2.75) is 26.2 Å². The van der Waals surface area contributed by atoms with Crippen molar-refractivity contribution >= 4 is 11.7 Å². The highest BCUT2D eigenvalue weighted by atomic mass is 16.5. The molecule has 0 spiro atoms. The van der Waals surface area contributed by atoms with E-state index < -0.39 is 0 Å². The van der Waals surface area contributed by atoms with Crippen LogP contribution in [0.25, 0.3) is 17.2 Å². The lowest BCUT2D eigenvalue weighted by atomic mass is 9.84. The monoisotopic (exact) mass is 441 g/mol. The zero-order chi connectivity index (χ0) is 23.1. The minimum atomic E-state index is -0.293. The number of methoxy groups -OCH3 is 1. The second-order valence-electron chi connectivity index (χ2n) is 8.08. The van der Waals surface area contributed by atoms with E-state index in [2.05, 4.69) is 15.3 Å². The average molecular weight is 441 g/mol. The maximum absolute atomic E-state index is 12.8. The van der Waals surface area contributed by atoms with Crippen molar-refractivity contribution in [2.24, 2.45) is 0 Å². The van der Waals surface area contributed by atoms with Crippen LogP contribution in [0.3, 0.4) is 0 Å². The summed E-state index contributed by atoms with van der Waals surface area (Å²) in [5.41, 5.74) is 5.00. The third kappa shape index (κ3) is 3.69. The van der Waals surface area contributed by atoms with E-state index in [0.717, 1.165) is 33.8 Å². The van der Waals surface area contributed by atoms with Crippen LogP contribution in [0.15, 0.2) is 54.6 Å². The molecule has 33 heavy (non-hydrogen) atoms. The Hall–Kier alpha value is -4.20. The van der Waals surface area contributed by atoms with E-state index >= 15 is 0 Å². The zero-order valence-electron chi connectivity index (χ0n) is 18.5. The first-order valence-corrected chi connectivity index (χ1v) is 10.6. The van der Waals surface area contributed by atoms with Crippen LogP contribution in [-0.2, 0) is 4.79 Å². The number of nitrogens with one attached hydrogen (secondary N) is 1. The number of nitrogens with zero attached hydrogens (tertiary/aromatic N) is 4. The number of amides is 1. The number of phenolic OH excluding ortho intramolecular Hbond substituents is 1. The van der Waals surface area contributed by atoms with Gasteiger partial charge in [-0.15, -0.1) is 0 Å². The molecule has 0 aliphatic carbocycles. The topological polar surface area (TPSA) is 102 Å². The van der Waals surface area contributed by atoms with E-state index in [1.165, 1.54) is 7.11 Å². The van der Waals surface area contributed by atoms with Gasteiger partial charge in [0.2, 0.25) is 5.91 Å². The molecule has 166 valence electrons. The summed E-state index contributed by atoms with van der Waals surface area (Å²) < 4.78 is 6.93. The lowest BCUT2D eigenvalue weighted by Gasteiger charge is -2.25. The number of hydrogen-bond acceptors (Lipinski definition) is 6. The SMILES string of the molecule is COc1cc([C@H]2CC(=O)Nc3c2c(-c2ccccc2)nn3-c2nc(C)cc(C)n2)ccc1O. The Morgan fingerprint density at radius 3 is 2.48 bits per heavy atom. The summed E-state index contributed by atoms with van der Waals surface area (Å²) >= 11 is 0. The van der Waals surface area contributed by atoms with Crippen LogP contribution in [0.5, 0.6) is 11.5 Å². The smallest absolute Gasteiger partial charge is 0.252 e. The Labute approximate surface area is 190 Å². The highest BCUT2D eigenvalue weighted by molar-refractivity contribution is 5.96. The Bertz CT molecular complexity index is 1340. The summed E-state index contributed by atoms with van der Waals surface area (Å²) in [6.45, 7) is 3.80. The first-order chi connectivity index (χ1) is 15.9. The van der Waals surface area contributed by atoms with Gasteiger partial charge in [0.1, 0.15) is 5.82 Å². The van der Waals surface area contributed by atoms with Crippen molar-refractivity contribution in [3.8, 4) is 28.7 Å². The van der Waals surface area contributed by atoms with E-state index in [-0.39, 0.29) is 24.0 Å². The van der Waals surface area contributed by atoms with Gasteiger partial charge in [-0.05, 0) is 37.6 Å². The number of fused-ring (bicyclic) bond motifs is 1. The van der Waals surface area contributed by atoms with Crippen LogP contribution in [0, 0.1) is 13.8 Å². The summed E-state index contributed by atoms with van der Waals surface area (Å²) in [7, 11) is 1.50. The number of aromatic nitrogens is 4. The first-order valence-electron chi connectivity index (χ1n) is 10.6. The van der Waals surface area contributed by atoms with Gasteiger partial charge in [0.25, 0.3) is 5.95 Å². The number of rotatable bonds is 4. The van der Waals surface area contributed by atoms with Crippen LogP contribution in [0.4, 0.5) is 5.82 Å². The van der Waals surface area contributed by atoms with Crippen molar-refractivity contribution in [3.05, 3.63) is 77.1 Å². The Morgan fingerprint density at radius 1 is 1.06 bits per heavy atom. The molecule has 0 radical (unpaired) electrons. The maximum atomic E-state index is 12.8. The molecule has 3 heterocycles. The van der Waals surface area contributed by atoms with Gasteiger partial charge in [0.05, 0.1) is 12.8 Å². The Kier molecular flexibility index (Phi) is 5.05. The Morgan fingerprint density at radius 2 is 1.79 bits per heavy atom. The summed E-state index contributed by atoms with van der Waals surface area (Å²) in [6, 6.07) is 16.9. The van der Waals surface area contributed by atoms with Crippen LogP contribution in [-0.4, -0.2) is 37.9 Å². The van der Waals surface area contributed by atoms with Crippen LogP contribution in [0.1, 0.15) is 34.9 Å². The molecule has 1 aliphatic rings. The van der Waals surface area contributed by atoms with Crippen molar-refractivity contribution < 1.29 is 14.6 Å². The molecule has 2 aromatic carbocycles. The van der Waals surface area contributed by atoms with Crippen LogP contribution >= 0.6 is 0 Å².